The van der Waals surface area contributed by atoms with Crippen LogP contribution in [0.1, 0.15) is 12.5 Å². The van der Waals surface area contributed by atoms with Crippen molar-refractivity contribution in [1.29, 1.82) is 0 Å². The maximum absolute atomic E-state index is 11.0. The lowest BCUT2D eigenvalue weighted by Crippen LogP contribution is -2.21. The molecule has 8 heteroatoms. The van der Waals surface area contributed by atoms with E-state index in [0.717, 1.165) is 18.8 Å². The van der Waals surface area contributed by atoms with Crippen molar-refractivity contribution in [3.05, 3.63) is 88.5 Å². The van der Waals surface area contributed by atoms with Gasteiger partial charge in [-0.05, 0) is 54.4 Å². The second-order valence-electron chi connectivity index (χ2n) is 6.66. The molecule has 0 aliphatic rings. The summed E-state index contributed by atoms with van der Waals surface area (Å²) < 4.78 is 4.28. The van der Waals surface area contributed by atoms with Crippen molar-refractivity contribution in [1.82, 2.24) is 4.37 Å². The summed E-state index contributed by atoms with van der Waals surface area (Å²) in [6, 6.07) is 22.8. The molecule has 30 heavy (non-hydrogen) atoms. The van der Waals surface area contributed by atoms with Gasteiger partial charge in [0.2, 0.25) is 0 Å². The van der Waals surface area contributed by atoms with Crippen LogP contribution in [0.25, 0.3) is 10.9 Å². The Morgan fingerprint density at radius 1 is 1.03 bits per heavy atom. The number of hydrogen-bond acceptors (Lipinski definition) is 7. The average molecular weight is 417 g/mol. The third-order valence-electron chi connectivity index (χ3n) is 4.72. The normalized spacial score (nSPS) is 11.2. The second-order valence-corrected chi connectivity index (χ2v) is 7.41. The highest BCUT2D eigenvalue weighted by atomic mass is 32.1. The van der Waals surface area contributed by atoms with E-state index in [2.05, 4.69) is 38.6 Å². The lowest BCUT2D eigenvalue weighted by molar-refractivity contribution is -0.384. The Morgan fingerprint density at radius 2 is 1.80 bits per heavy atom. The molecule has 0 fully saturated rings. The van der Waals surface area contributed by atoms with Crippen molar-refractivity contribution in [3.8, 4) is 0 Å². The van der Waals surface area contributed by atoms with E-state index >= 15 is 0 Å². The number of hydrogen-bond donors (Lipinski definition) is 0. The molecule has 0 aliphatic carbocycles. The number of fused-ring (bicyclic) bond motifs is 1. The van der Waals surface area contributed by atoms with Crippen LogP contribution in [0.4, 0.5) is 22.1 Å². The molecule has 0 saturated carbocycles. The van der Waals surface area contributed by atoms with E-state index in [1.807, 2.05) is 42.5 Å². The van der Waals surface area contributed by atoms with Gasteiger partial charge in [0.15, 0.2) is 5.00 Å². The lowest BCUT2D eigenvalue weighted by atomic mass is 10.2. The van der Waals surface area contributed by atoms with E-state index in [-0.39, 0.29) is 5.69 Å². The van der Waals surface area contributed by atoms with Crippen molar-refractivity contribution >= 4 is 44.5 Å². The summed E-state index contributed by atoms with van der Waals surface area (Å²) >= 11 is 1.17. The quantitative estimate of drug-likeness (QED) is 0.191. The Hall–Kier alpha value is -3.65. The summed E-state index contributed by atoms with van der Waals surface area (Å²) in [7, 11) is 0. The molecular formula is C22H19N5O2S. The monoisotopic (exact) mass is 417 g/mol. The van der Waals surface area contributed by atoms with Crippen LogP contribution in [0, 0.1) is 10.1 Å². The molecule has 0 unspecified atom stereocenters. The van der Waals surface area contributed by atoms with E-state index in [0.29, 0.717) is 21.6 Å². The Bertz CT molecular complexity index is 1190. The van der Waals surface area contributed by atoms with Crippen LogP contribution >= 0.6 is 11.5 Å². The smallest absolute Gasteiger partial charge is 0.270 e. The molecule has 1 heterocycles. The maximum atomic E-state index is 11.0. The molecule has 0 bridgehead atoms. The van der Waals surface area contributed by atoms with Gasteiger partial charge in [0, 0.05) is 36.3 Å². The summed E-state index contributed by atoms with van der Waals surface area (Å²) in [4.78, 5) is 12.9. The van der Waals surface area contributed by atoms with Gasteiger partial charge in [0.05, 0.1) is 16.1 Å². The largest absolute Gasteiger partial charge is 0.367 e. The van der Waals surface area contributed by atoms with Crippen LogP contribution in [0.5, 0.6) is 0 Å². The lowest BCUT2D eigenvalue weighted by Gasteiger charge is -2.23. The molecule has 150 valence electrons. The first kappa shape index (κ1) is 19.7. The van der Waals surface area contributed by atoms with Crippen LogP contribution < -0.4 is 4.90 Å². The van der Waals surface area contributed by atoms with Crippen LogP contribution in [-0.4, -0.2) is 15.8 Å². The molecule has 4 rings (SSSR count). The summed E-state index contributed by atoms with van der Waals surface area (Å²) in [6.45, 7) is 3.86. The minimum absolute atomic E-state index is 0.0153. The molecule has 4 aromatic rings. The molecule has 1 aromatic heterocycles. The first-order valence-electron chi connectivity index (χ1n) is 9.48. The molecule has 7 nitrogen and oxygen atoms in total. The van der Waals surface area contributed by atoms with Crippen molar-refractivity contribution < 1.29 is 4.92 Å². The molecule has 0 amide bonds. The van der Waals surface area contributed by atoms with Crippen molar-refractivity contribution in [2.24, 2.45) is 10.2 Å². The first-order valence-corrected chi connectivity index (χ1v) is 10.3. The third-order valence-corrected chi connectivity index (χ3v) is 5.48. The van der Waals surface area contributed by atoms with Gasteiger partial charge in [-0.25, -0.2) is 0 Å². The zero-order chi connectivity index (χ0) is 20.9. The van der Waals surface area contributed by atoms with Gasteiger partial charge >= 0.3 is 0 Å². The topological polar surface area (TPSA) is 84.0 Å². The highest BCUT2D eigenvalue weighted by molar-refractivity contribution is 7.11. The number of rotatable bonds is 7. The van der Waals surface area contributed by atoms with Gasteiger partial charge in [-0.15, -0.1) is 10.2 Å². The number of nitro benzene ring substituents is 1. The first-order chi connectivity index (χ1) is 14.6. The molecule has 0 atom stereocenters. The predicted octanol–water partition coefficient (Wildman–Crippen LogP) is 6.65. The number of nitrogens with zero attached hydrogens (tertiary/aromatic N) is 5. The number of non-ortho nitro benzene ring substituents is 1. The molecule has 0 N–H and O–H groups in total. The number of aromatic nitrogens is 1. The minimum Gasteiger partial charge on any atom is -0.367 e. The molecule has 0 radical (unpaired) electrons. The van der Waals surface area contributed by atoms with Crippen LogP contribution in [-0.2, 0) is 6.54 Å². The van der Waals surface area contributed by atoms with E-state index in [4.69, 9.17) is 0 Å². The van der Waals surface area contributed by atoms with Gasteiger partial charge in [-0.1, -0.05) is 30.3 Å². The number of benzene rings is 3. The van der Waals surface area contributed by atoms with E-state index in [1.54, 1.807) is 6.07 Å². The van der Waals surface area contributed by atoms with Crippen molar-refractivity contribution in [3.63, 3.8) is 0 Å². The van der Waals surface area contributed by atoms with Crippen molar-refractivity contribution in [2.45, 2.75) is 13.5 Å². The zero-order valence-electron chi connectivity index (χ0n) is 16.3. The average Bonchev–Trinajstić information content (AvgIpc) is 3.19. The third kappa shape index (κ3) is 4.33. The van der Waals surface area contributed by atoms with Gasteiger partial charge < -0.3 is 4.90 Å². The fourth-order valence-electron chi connectivity index (χ4n) is 3.12. The van der Waals surface area contributed by atoms with Gasteiger partial charge in [-0.3, -0.25) is 10.1 Å². The Balaban J connectivity index is 1.52. The summed E-state index contributed by atoms with van der Waals surface area (Å²) in [5, 5.41) is 20.8. The summed E-state index contributed by atoms with van der Waals surface area (Å²) in [5.74, 6) is 0. The molecule has 0 spiro atoms. The van der Waals surface area contributed by atoms with Crippen LogP contribution in [0.3, 0.4) is 0 Å². The molecule has 3 aromatic carbocycles. The highest BCUT2D eigenvalue weighted by Crippen LogP contribution is 2.34. The second kappa shape index (κ2) is 8.79. The van der Waals surface area contributed by atoms with Crippen LogP contribution in [0.2, 0.25) is 0 Å². The van der Waals surface area contributed by atoms with E-state index in [9.17, 15) is 10.1 Å². The Kier molecular flexibility index (Phi) is 5.76. The maximum Gasteiger partial charge on any atom is 0.270 e. The Labute approximate surface area is 177 Å². The number of nitro groups is 1. The molecule has 0 aliphatic heterocycles. The number of anilines is 1. The fourth-order valence-corrected chi connectivity index (χ4v) is 3.81. The summed E-state index contributed by atoms with van der Waals surface area (Å²) in [6.07, 6.45) is 0. The van der Waals surface area contributed by atoms with E-state index in [1.165, 1.54) is 29.2 Å². The van der Waals surface area contributed by atoms with Gasteiger partial charge in [0.25, 0.3) is 5.69 Å². The molecular weight excluding hydrogens is 398 g/mol. The zero-order valence-corrected chi connectivity index (χ0v) is 17.1. The van der Waals surface area contributed by atoms with E-state index < -0.39 is 4.92 Å². The predicted molar refractivity (Wildman–Crippen MR) is 120 cm³/mol. The fraction of sp³-hybridized carbons (Fsp3) is 0.136. The standard InChI is InChI=1S/C22H19N5O2S/c1-2-26(15-16-6-4-3-5-7-16)18-10-8-17(9-11-18)23-24-22-20-14-19(27(28)29)12-13-21(20)25-30-22/h3-14H,2,15H2,1H3. The Morgan fingerprint density at radius 3 is 2.50 bits per heavy atom. The van der Waals surface area contributed by atoms with Gasteiger partial charge in [-0.2, -0.15) is 4.37 Å². The molecule has 0 saturated heterocycles. The minimum atomic E-state index is -0.425. The van der Waals surface area contributed by atoms with Crippen LogP contribution in [0.15, 0.2) is 83.0 Å². The number of azo groups is 1. The highest BCUT2D eigenvalue weighted by Gasteiger charge is 2.12. The summed E-state index contributed by atoms with van der Waals surface area (Å²) in [5.41, 5.74) is 3.77. The van der Waals surface area contributed by atoms with Gasteiger partial charge in [0.1, 0.15) is 0 Å². The SMILES string of the molecule is CCN(Cc1ccccc1)c1ccc(N=Nc2snc3ccc([N+](=O)[O-])cc23)cc1. The van der Waals surface area contributed by atoms with Crippen molar-refractivity contribution in [2.75, 3.05) is 11.4 Å².